The van der Waals surface area contributed by atoms with Crippen molar-refractivity contribution < 1.29 is 9.18 Å². The van der Waals surface area contributed by atoms with Crippen molar-refractivity contribution in [2.45, 2.75) is 51.1 Å². The molecule has 1 aliphatic carbocycles. The topological polar surface area (TPSA) is 68.0 Å². The van der Waals surface area contributed by atoms with Gasteiger partial charge in [0.05, 0.1) is 16.6 Å². The highest BCUT2D eigenvalue weighted by molar-refractivity contribution is 7.15. The van der Waals surface area contributed by atoms with E-state index >= 15 is 0 Å². The second-order valence-corrected chi connectivity index (χ2v) is 7.40. The molecule has 0 spiro atoms. The van der Waals surface area contributed by atoms with Crippen LogP contribution < -0.4 is 11.1 Å². The molecule has 1 aromatic carbocycles. The maximum absolute atomic E-state index is 13.1. The Balaban J connectivity index is 1.75. The lowest BCUT2D eigenvalue weighted by Crippen LogP contribution is -2.31. The summed E-state index contributed by atoms with van der Waals surface area (Å²) in [6.45, 7) is 1.91. The molecule has 0 aliphatic heterocycles. The van der Waals surface area contributed by atoms with E-state index in [1.807, 2.05) is 6.92 Å². The van der Waals surface area contributed by atoms with Crippen molar-refractivity contribution in [3.05, 3.63) is 40.7 Å². The number of aromatic nitrogens is 1. The number of nitrogens with one attached hydrogen (secondary N) is 1. The molecule has 2 unspecified atom stereocenters. The van der Waals surface area contributed by atoms with Crippen LogP contribution in [0.25, 0.3) is 10.6 Å². The minimum Gasteiger partial charge on any atom is -0.348 e. The van der Waals surface area contributed by atoms with Crippen molar-refractivity contribution in [2.75, 3.05) is 0 Å². The largest absolute Gasteiger partial charge is 0.348 e. The van der Waals surface area contributed by atoms with Crippen LogP contribution in [-0.4, -0.2) is 16.9 Å². The third kappa shape index (κ3) is 3.99. The summed E-state index contributed by atoms with van der Waals surface area (Å²) in [5.74, 6) is -0.207. The van der Waals surface area contributed by atoms with Gasteiger partial charge in [-0.1, -0.05) is 0 Å². The number of amides is 1. The van der Waals surface area contributed by atoms with Gasteiger partial charge in [0.15, 0.2) is 0 Å². The number of hydrogen-bond donors (Lipinski definition) is 2. The molecule has 6 heteroatoms. The van der Waals surface area contributed by atoms with E-state index in [-0.39, 0.29) is 23.8 Å². The molecular formula is C18H22FN3OS. The van der Waals surface area contributed by atoms with Crippen molar-refractivity contribution in [2.24, 2.45) is 5.73 Å². The van der Waals surface area contributed by atoms with Gasteiger partial charge in [-0.3, -0.25) is 4.79 Å². The lowest BCUT2D eigenvalue weighted by molar-refractivity contribution is -0.122. The van der Waals surface area contributed by atoms with Gasteiger partial charge >= 0.3 is 0 Å². The fourth-order valence-corrected chi connectivity index (χ4v) is 4.10. The summed E-state index contributed by atoms with van der Waals surface area (Å²) in [7, 11) is 0. The number of carbonyl (C=O) groups excluding carboxylic acids is 1. The van der Waals surface area contributed by atoms with Gasteiger partial charge in [-0.05, 0) is 56.9 Å². The molecule has 0 radical (unpaired) electrons. The van der Waals surface area contributed by atoms with Crippen molar-refractivity contribution in [1.82, 2.24) is 10.3 Å². The zero-order chi connectivity index (χ0) is 17.1. The average Bonchev–Trinajstić information content (AvgIpc) is 2.99. The number of nitrogens with zero attached hydrogens (tertiary/aromatic N) is 1. The molecule has 0 saturated carbocycles. The maximum atomic E-state index is 13.1. The number of fused-ring (bicyclic) bond motifs is 1. The molecule has 2 aromatic rings. The van der Waals surface area contributed by atoms with Gasteiger partial charge in [-0.25, -0.2) is 9.37 Å². The molecule has 3 N–H and O–H groups in total. The highest BCUT2D eigenvalue weighted by atomic mass is 32.1. The zero-order valence-corrected chi connectivity index (χ0v) is 14.5. The zero-order valence-electron chi connectivity index (χ0n) is 13.7. The van der Waals surface area contributed by atoms with Crippen molar-refractivity contribution >= 4 is 17.2 Å². The Morgan fingerprint density at radius 1 is 1.46 bits per heavy atom. The smallest absolute Gasteiger partial charge is 0.220 e. The fourth-order valence-electron chi connectivity index (χ4n) is 2.90. The predicted molar refractivity (Wildman–Crippen MR) is 94.2 cm³/mol. The lowest BCUT2D eigenvalue weighted by Gasteiger charge is -2.22. The molecule has 1 aliphatic rings. The SMILES string of the molecule is CC(N)CCC(=O)NC1CCCc2nc(-c3ccc(F)cc3)sc21. The van der Waals surface area contributed by atoms with E-state index in [1.165, 1.54) is 12.1 Å². The average molecular weight is 347 g/mol. The van der Waals surface area contributed by atoms with E-state index in [0.29, 0.717) is 12.8 Å². The van der Waals surface area contributed by atoms with Crippen molar-refractivity contribution in [3.8, 4) is 10.6 Å². The molecule has 0 saturated heterocycles. The molecule has 3 rings (SSSR count). The number of carbonyl (C=O) groups is 1. The van der Waals surface area contributed by atoms with Gasteiger partial charge in [0.2, 0.25) is 5.91 Å². The van der Waals surface area contributed by atoms with Crippen LogP contribution in [0, 0.1) is 5.82 Å². The van der Waals surface area contributed by atoms with Crippen LogP contribution in [0.2, 0.25) is 0 Å². The quantitative estimate of drug-likeness (QED) is 0.869. The molecule has 4 nitrogen and oxygen atoms in total. The summed E-state index contributed by atoms with van der Waals surface area (Å²) in [6.07, 6.45) is 4.01. The van der Waals surface area contributed by atoms with Crippen LogP contribution in [0.3, 0.4) is 0 Å². The molecule has 0 fully saturated rings. The minimum atomic E-state index is -0.251. The molecule has 1 amide bonds. The van der Waals surface area contributed by atoms with Crippen LogP contribution in [0.15, 0.2) is 24.3 Å². The van der Waals surface area contributed by atoms with Crippen LogP contribution in [0.5, 0.6) is 0 Å². The molecular weight excluding hydrogens is 325 g/mol. The number of aryl methyl sites for hydroxylation is 1. The van der Waals surface area contributed by atoms with E-state index in [4.69, 9.17) is 10.7 Å². The Morgan fingerprint density at radius 2 is 2.21 bits per heavy atom. The van der Waals surface area contributed by atoms with Gasteiger partial charge in [-0.15, -0.1) is 11.3 Å². The first-order chi connectivity index (χ1) is 11.5. The first kappa shape index (κ1) is 17.0. The van der Waals surface area contributed by atoms with E-state index in [9.17, 15) is 9.18 Å². The molecule has 1 aromatic heterocycles. The number of nitrogens with two attached hydrogens (primary N) is 1. The van der Waals surface area contributed by atoms with E-state index in [1.54, 1.807) is 23.5 Å². The normalized spacial score (nSPS) is 18.0. The molecule has 128 valence electrons. The third-order valence-corrected chi connectivity index (χ3v) is 5.46. The van der Waals surface area contributed by atoms with Gasteiger partial charge in [-0.2, -0.15) is 0 Å². The minimum absolute atomic E-state index is 0.0287. The summed E-state index contributed by atoms with van der Waals surface area (Å²) in [5.41, 5.74) is 7.69. The molecule has 24 heavy (non-hydrogen) atoms. The number of thiazole rings is 1. The van der Waals surface area contributed by atoms with Crippen LogP contribution in [-0.2, 0) is 11.2 Å². The van der Waals surface area contributed by atoms with Crippen LogP contribution in [0.4, 0.5) is 4.39 Å². The fraction of sp³-hybridized carbons (Fsp3) is 0.444. The molecule has 1 heterocycles. The summed E-state index contributed by atoms with van der Waals surface area (Å²) in [6, 6.07) is 6.45. The third-order valence-electron chi connectivity index (χ3n) is 4.20. The highest BCUT2D eigenvalue weighted by Gasteiger charge is 2.26. The summed E-state index contributed by atoms with van der Waals surface area (Å²) < 4.78 is 13.1. The van der Waals surface area contributed by atoms with Gasteiger partial charge < -0.3 is 11.1 Å². The monoisotopic (exact) mass is 347 g/mol. The second kappa shape index (κ2) is 7.40. The van der Waals surface area contributed by atoms with Gasteiger partial charge in [0.25, 0.3) is 0 Å². The lowest BCUT2D eigenvalue weighted by atomic mass is 9.98. The van der Waals surface area contributed by atoms with Crippen molar-refractivity contribution in [1.29, 1.82) is 0 Å². The van der Waals surface area contributed by atoms with E-state index in [2.05, 4.69) is 5.32 Å². The molecule has 2 atom stereocenters. The summed E-state index contributed by atoms with van der Waals surface area (Å²) in [4.78, 5) is 18.0. The highest BCUT2D eigenvalue weighted by Crippen LogP contribution is 2.38. The molecule has 0 bridgehead atoms. The first-order valence-electron chi connectivity index (χ1n) is 8.33. The van der Waals surface area contributed by atoms with Gasteiger partial charge in [0, 0.05) is 18.0 Å². The Labute approximate surface area is 145 Å². The number of benzene rings is 1. The second-order valence-electron chi connectivity index (χ2n) is 6.37. The Bertz CT molecular complexity index is 712. The van der Waals surface area contributed by atoms with Crippen LogP contribution >= 0.6 is 11.3 Å². The summed E-state index contributed by atoms with van der Waals surface area (Å²) in [5, 5.41) is 4.01. The summed E-state index contributed by atoms with van der Waals surface area (Å²) >= 11 is 1.60. The Kier molecular flexibility index (Phi) is 5.26. The predicted octanol–water partition coefficient (Wildman–Crippen LogP) is 3.57. The standard InChI is InChI=1S/C18H22FN3OS/c1-11(20)5-10-16(23)21-14-3-2-4-15-17(14)24-18(22-15)12-6-8-13(19)9-7-12/h6-9,11,14H,2-5,10,20H2,1H3,(H,21,23). The number of halogens is 1. The van der Waals surface area contributed by atoms with E-state index in [0.717, 1.165) is 40.4 Å². The maximum Gasteiger partial charge on any atom is 0.220 e. The number of hydrogen-bond acceptors (Lipinski definition) is 4. The van der Waals surface area contributed by atoms with Crippen molar-refractivity contribution in [3.63, 3.8) is 0 Å². The van der Waals surface area contributed by atoms with Gasteiger partial charge in [0.1, 0.15) is 10.8 Å². The first-order valence-corrected chi connectivity index (χ1v) is 9.15. The Hall–Kier alpha value is -1.79. The van der Waals surface area contributed by atoms with Crippen LogP contribution in [0.1, 0.15) is 49.2 Å². The number of rotatable bonds is 5. The Morgan fingerprint density at radius 3 is 2.92 bits per heavy atom. The van der Waals surface area contributed by atoms with E-state index < -0.39 is 0 Å².